The van der Waals surface area contributed by atoms with Crippen LogP contribution in [0.15, 0.2) is 66.7 Å². The number of ether oxygens (including phenoxy) is 2. The van der Waals surface area contributed by atoms with Crippen molar-refractivity contribution in [3.05, 3.63) is 72.3 Å². The molecule has 0 spiro atoms. The minimum atomic E-state index is 0.776. The highest BCUT2D eigenvalue weighted by Crippen LogP contribution is 2.46. The van der Waals surface area contributed by atoms with Crippen LogP contribution in [0.5, 0.6) is 11.5 Å². The molecule has 3 rings (SSSR count). The van der Waals surface area contributed by atoms with E-state index in [1.165, 1.54) is 0 Å². The van der Waals surface area contributed by atoms with Crippen LogP contribution in [0.4, 0.5) is 0 Å². The summed E-state index contributed by atoms with van der Waals surface area (Å²) in [6.07, 6.45) is 0. The Balaban J connectivity index is 2.37. The van der Waals surface area contributed by atoms with Gasteiger partial charge in [-0.25, -0.2) is 0 Å². The first kappa shape index (κ1) is 15.2. The van der Waals surface area contributed by atoms with Gasteiger partial charge in [0.1, 0.15) is 0 Å². The Morgan fingerprint density at radius 2 is 1.17 bits per heavy atom. The van der Waals surface area contributed by atoms with Crippen LogP contribution < -0.4 is 9.47 Å². The summed E-state index contributed by atoms with van der Waals surface area (Å²) in [4.78, 5) is 0. The molecule has 0 N–H and O–H groups in total. The third kappa shape index (κ3) is 2.80. The molecule has 0 radical (unpaired) electrons. The summed E-state index contributed by atoms with van der Waals surface area (Å²) >= 11 is 0. The zero-order valence-electron chi connectivity index (χ0n) is 13.7. The van der Waals surface area contributed by atoms with Gasteiger partial charge < -0.3 is 9.47 Å². The Bertz CT molecular complexity index is 793. The molecule has 0 saturated carbocycles. The summed E-state index contributed by atoms with van der Waals surface area (Å²) in [6.45, 7) is 2.04. The number of aryl methyl sites for hydroxylation is 1. The molecule has 0 fully saturated rings. The predicted octanol–water partition coefficient (Wildman–Crippen LogP) is 5.35. The topological polar surface area (TPSA) is 18.5 Å². The highest BCUT2D eigenvalue weighted by atomic mass is 16.5. The maximum absolute atomic E-state index is 5.74. The second-order valence-electron chi connectivity index (χ2n) is 5.41. The third-order valence-corrected chi connectivity index (χ3v) is 3.98. The Morgan fingerprint density at radius 3 is 1.70 bits per heavy atom. The smallest absolute Gasteiger partial charge is 0.169 e. The molecule has 3 aromatic carbocycles. The molecular weight excluding hydrogens is 284 g/mol. The van der Waals surface area contributed by atoms with Gasteiger partial charge in [0.15, 0.2) is 11.5 Å². The Hall–Kier alpha value is -2.74. The highest BCUT2D eigenvalue weighted by Gasteiger charge is 2.20. The minimum absolute atomic E-state index is 0.776. The van der Waals surface area contributed by atoms with Crippen LogP contribution in [-0.4, -0.2) is 14.2 Å². The van der Waals surface area contributed by atoms with E-state index in [2.05, 4.69) is 42.5 Å². The molecule has 0 atom stereocenters. The molecule has 3 aromatic rings. The predicted molar refractivity (Wildman–Crippen MR) is 95.2 cm³/mol. The SMILES string of the molecule is COc1c(C)cc(-c2ccccc2)c(-c2ccccc2)c1OC. The number of methoxy groups -OCH3 is 2. The summed E-state index contributed by atoms with van der Waals surface area (Å²) in [7, 11) is 3.38. The van der Waals surface area contributed by atoms with Crippen LogP contribution in [0.25, 0.3) is 22.3 Å². The molecule has 0 unspecified atom stereocenters. The molecule has 0 aliphatic heterocycles. The summed E-state index contributed by atoms with van der Waals surface area (Å²) in [6, 6.07) is 22.8. The van der Waals surface area contributed by atoms with Gasteiger partial charge in [-0.1, -0.05) is 60.7 Å². The van der Waals surface area contributed by atoms with Gasteiger partial charge in [0, 0.05) is 5.56 Å². The second-order valence-corrected chi connectivity index (χ2v) is 5.41. The van der Waals surface area contributed by atoms with Crippen molar-refractivity contribution in [3.63, 3.8) is 0 Å². The monoisotopic (exact) mass is 304 g/mol. The Morgan fingerprint density at radius 1 is 0.652 bits per heavy atom. The highest BCUT2D eigenvalue weighted by molar-refractivity contribution is 5.90. The molecule has 2 heteroatoms. The van der Waals surface area contributed by atoms with Gasteiger partial charge in [-0.05, 0) is 35.2 Å². The first-order valence-electron chi connectivity index (χ1n) is 7.62. The quantitative estimate of drug-likeness (QED) is 0.647. The van der Waals surface area contributed by atoms with Gasteiger partial charge in [-0.2, -0.15) is 0 Å². The van der Waals surface area contributed by atoms with Crippen molar-refractivity contribution in [1.29, 1.82) is 0 Å². The van der Waals surface area contributed by atoms with E-state index >= 15 is 0 Å². The van der Waals surface area contributed by atoms with E-state index in [4.69, 9.17) is 9.47 Å². The molecule has 0 aliphatic rings. The van der Waals surface area contributed by atoms with E-state index in [1.807, 2.05) is 31.2 Å². The molecule has 116 valence electrons. The van der Waals surface area contributed by atoms with Crippen molar-refractivity contribution < 1.29 is 9.47 Å². The van der Waals surface area contributed by atoms with Gasteiger partial charge in [-0.3, -0.25) is 0 Å². The Kier molecular flexibility index (Phi) is 4.33. The molecule has 2 nitrogen and oxygen atoms in total. The number of benzene rings is 3. The van der Waals surface area contributed by atoms with Crippen molar-refractivity contribution in [1.82, 2.24) is 0 Å². The molecule has 0 aromatic heterocycles. The lowest BCUT2D eigenvalue weighted by molar-refractivity contribution is 0.354. The molecular formula is C21H20O2. The minimum Gasteiger partial charge on any atom is -0.493 e. The number of hydrogen-bond donors (Lipinski definition) is 0. The number of hydrogen-bond acceptors (Lipinski definition) is 2. The van der Waals surface area contributed by atoms with Crippen LogP contribution >= 0.6 is 0 Å². The maximum atomic E-state index is 5.74. The van der Waals surface area contributed by atoms with Crippen LogP contribution in [0.2, 0.25) is 0 Å². The average Bonchev–Trinajstić information content (AvgIpc) is 2.62. The first-order chi connectivity index (χ1) is 11.3. The van der Waals surface area contributed by atoms with E-state index < -0.39 is 0 Å². The van der Waals surface area contributed by atoms with E-state index in [9.17, 15) is 0 Å². The average molecular weight is 304 g/mol. The van der Waals surface area contributed by atoms with Crippen molar-refractivity contribution in [2.75, 3.05) is 14.2 Å². The van der Waals surface area contributed by atoms with Gasteiger partial charge in [-0.15, -0.1) is 0 Å². The Labute approximate surface area is 137 Å². The van der Waals surface area contributed by atoms with Crippen LogP contribution in [-0.2, 0) is 0 Å². The van der Waals surface area contributed by atoms with Crippen molar-refractivity contribution in [3.8, 4) is 33.8 Å². The van der Waals surface area contributed by atoms with E-state index in [0.717, 1.165) is 39.3 Å². The summed E-state index contributed by atoms with van der Waals surface area (Å²) in [5.74, 6) is 1.56. The fraction of sp³-hybridized carbons (Fsp3) is 0.143. The van der Waals surface area contributed by atoms with Crippen LogP contribution in [0, 0.1) is 6.92 Å². The third-order valence-electron chi connectivity index (χ3n) is 3.98. The summed E-state index contributed by atoms with van der Waals surface area (Å²) < 4.78 is 11.3. The maximum Gasteiger partial charge on any atom is 0.169 e. The fourth-order valence-corrected chi connectivity index (χ4v) is 2.95. The molecule has 0 heterocycles. The molecule has 0 amide bonds. The molecule has 0 bridgehead atoms. The second kappa shape index (κ2) is 6.57. The normalized spacial score (nSPS) is 10.4. The fourth-order valence-electron chi connectivity index (χ4n) is 2.95. The molecule has 0 aliphatic carbocycles. The largest absolute Gasteiger partial charge is 0.493 e. The van der Waals surface area contributed by atoms with Crippen molar-refractivity contribution in [2.24, 2.45) is 0 Å². The van der Waals surface area contributed by atoms with Gasteiger partial charge in [0.25, 0.3) is 0 Å². The number of rotatable bonds is 4. The van der Waals surface area contributed by atoms with Gasteiger partial charge >= 0.3 is 0 Å². The molecule has 23 heavy (non-hydrogen) atoms. The van der Waals surface area contributed by atoms with E-state index in [-0.39, 0.29) is 0 Å². The lowest BCUT2D eigenvalue weighted by atomic mass is 9.91. The van der Waals surface area contributed by atoms with Gasteiger partial charge in [0.05, 0.1) is 14.2 Å². The molecule has 0 saturated heterocycles. The van der Waals surface area contributed by atoms with Crippen molar-refractivity contribution >= 4 is 0 Å². The van der Waals surface area contributed by atoms with Crippen molar-refractivity contribution in [2.45, 2.75) is 6.92 Å². The lowest BCUT2D eigenvalue weighted by Gasteiger charge is -2.19. The summed E-state index contributed by atoms with van der Waals surface area (Å²) in [5.41, 5.74) is 5.54. The van der Waals surface area contributed by atoms with E-state index in [1.54, 1.807) is 14.2 Å². The zero-order chi connectivity index (χ0) is 16.2. The standard InChI is InChI=1S/C21H20O2/c1-15-14-18(16-10-6-4-7-11-16)19(17-12-8-5-9-13-17)21(23-3)20(15)22-2/h4-14H,1-3H3. The van der Waals surface area contributed by atoms with Crippen LogP contribution in [0.1, 0.15) is 5.56 Å². The first-order valence-corrected chi connectivity index (χ1v) is 7.62. The summed E-state index contributed by atoms with van der Waals surface area (Å²) in [5, 5.41) is 0. The van der Waals surface area contributed by atoms with Crippen LogP contribution in [0.3, 0.4) is 0 Å². The zero-order valence-corrected chi connectivity index (χ0v) is 13.7. The van der Waals surface area contributed by atoms with Gasteiger partial charge in [0.2, 0.25) is 0 Å². The lowest BCUT2D eigenvalue weighted by Crippen LogP contribution is -1.98. The van der Waals surface area contributed by atoms with E-state index in [0.29, 0.717) is 0 Å².